The molecule has 1 fully saturated rings. The molecule has 17 heavy (non-hydrogen) atoms. The number of rotatable bonds is 3. The highest BCUT2D eigenvalue weighted by Crippen LogP contribution is 2.28. The minimum absolute atomic E-state index is 0.553. The van der Waals surface area contributed by atoms with Crippen LogP contribution in [-0.2, 0) is 7.05 Å². The Kier molecular flexibility index (Phi) is 3.50. The molecule has 1 heterocycles. The molecule has 1 aromatic rings. The molecule has 0 aliphatic heterocycles. The maximum Gasteiger partial charge on any atom is 0.155 e. The van der Waals surface area contributed by atoms with Crippen LogP contribution in [0.4, 0.5) is 5.82 Å². The lowest BCUT2D eigenvalue weighted by atomic mass is 9.94. The van der Waals surface area contributed by atoms with Crippen LogP contribution in [0.15, 0.2) is 0 Å². The average Bonchev–Trinajstić information content (AvgIpc) is 2.63. The van der Waals surface area contributed by atoms with Crippen molar-refractivity contribution in [2.24, 2.45) is 7.05 Å². The van der Waals surface area contributed by atoms with E-state index in [1.54, 1.807) is 0 Å². The maximum atomic E-state index is 11.2. The molecule has 4 heteroatoms. The van der Waals surface area contributed by atoms with Crippen molar-refractivity contribution in [3.8, 4) is 0 Å². The van der Waals surface area contributed by atoms with Gasteiger partial charge >= 0.3 is 0 Å². The van der Waals surface area contributed by atoms with Crippen LogP contribution in [-0.4, -0.2) is 29.2 Å². The molecule has 1 aliphatic rings. The molecular weight excluding hydrogens is 214 g/mol. The molecule has 0 aromatic carbocycles. The average molecular weight is 235 g/mol. The Morgan fingerprint density at radius 3 is 2.59 bits per heavy atom. The van der Waals surface area contributed by atoms with Crippen molar-refractivity contribution in [2.75, 3.05) is 11.9 Å². The number of carbonyl (C=O) groups is 1. The molecular formula is C13H21N3O. The van der Waals surface area contributed by atoms with E-state index in [0.717, 1.165) is 23.4 Å². The maximum absolute atomic E-state index is 11.2. The molecule has 0 amide bonds. The Bertz CT molecular complexity index is 405. The fourth-order valence-electron chi connectivity index (χ4n) is 2.86. The fraction of sp³-hybridized carbons (Fsp3) is 0.692. The van der Waals surface area contributed by atoms with Gasteiger partial charge in [0.15, 0.2) is 6.29 Å². The summed E-state index contributed by atoms with van der Waals surface area (Å²) in [6.07, 6.45) is 7.30. The van der Waals surface area contributed by atoms with Gasteiger partial charge in [-0.25, -0.2) is 0 Å². The first-order valence-electron chi connectivity index (χ1n) is 6.36. The lowest BCUT2D eigenvalue weighted by Crippen LogP contribution is -2.35. The second-order valence-electron chi connectivity index (χ2n) is 4.97. The highest BCUT2D eigenvalue weighted by atomic mass is 16.1. The van der Waals surface area contributed by atoms with Crippen LogP contribution in [0.3, 0.4) is 0 Å². The van der Waals surface area contributed by atoms with Crippen molar-refractivity contribution >= 4 is 12.1 Å². The molecule has 0 unspecified atom stereocenters. The van der Waals surface area contributed by atoms with Crippen molar-refractivity contribution in [2.45, 2.75) is 45.1 Å². The summed E-state index contributed by atoms with van der Waals surface area (Å²) < 4.78 is 1.83. The predicted octanol–water partition coefficient (Wildman–Crippen LogP) is 2.31. The summed E-state index contributed by atoms with van der Waals surface area (Å²) >= 11 is 0. The number of anilines is 1. The number of carbonyl (C=O) groups excluding carboxylic acids is 1. The smallest absolute Gasteiger partial charge is 0.155 e. The molecule has 0 radical (unpaired) electrons. The number of aldehydes is 1. The van der Waals surface area contributed by atoms with Crippen LogP contribution in [0, 0.1) is 6.92 Å². The molecule has 2 rings (SSSR count). The highest BCUT2D eigenvalue weighted by Gasteiger charge is 2.23. The number of aromatic nitrogens is 2. The number of hydrogen-bond acceptors (Lipinski definition) is 3. The third-order valence-electron chi connectivity index (χ3n) is 3.81. The van der Waals surface area contributed by atoms with Gasteiger partial charge in [-0.05, 0) is 19.8 Å². The van der Waals surface area contributed by atoms with Gasteiger partial charge in [-0.3, -0.25) is 9.48 Å². The minimum atomic E-state index is 0.553. The number of nitrogens with zero attached hydrogens (tertiary/aromatic N) is 3. The summed E-state index contributed by atoms with van der Waals surface area (Å²) in [6.45, 7) is 1.89. The van der Waals surface area contributed by atoms with E-state index < -0.39 is 0 Å². The summed E-state index contributed by atoms with van der Waals surface area (Å²) in [5, 5.41) is 4.34. The highest BCUT2D eigenvalue weighted by molar-refractivity contribution is 5.84. The van der Waals surface area contributed by atoms with Gasteiger partial charge in [0.2, 0.25) is 0 Å². The van der Waals surface area contributed by atoms with E-state index in [1.807, 2.05) is 18.7 Å². The summed E-state index contributed by atoms with van der Waals surface area (Å²) in [7, 11) is 3.99. The summed E-state index contributed by atoms with van der Waals surface area (Å²) in [4.78, 5) is 13.4. The normalized spacial score (nSPS) is 17.1. The second-order valence-corrected chi connectivity index (χ2v) is 4.97. The van der Waals surface area contributed by atoms with Crippen LogP contribution < -0.4 is 4.90 Å². The molecule has 0 spiro atoms. The monoisotopic (exact) mass is 235 g/mol. The topological polar surface area (TPSA) is 38.1 Å². The molecule has 0 bridgehead atoms. The van der Waals surface area contributed by atoms with Crippen molar-refractivity contribution in [3.05, 3.63) is 11.3 Å². The summed E-state index contributed by atoms with van der Waals surface area (Å²) in [5.41, 5.74) is 1.56. The van der Waals surface area contributed by atoms with Gasteiger partial charge in [-0.2, -0.15) is 5.10 Å². The van der Waals surface area contributed by atoms with Gasteiger partial charge in [0, 0.05) is 20.1 Å². The van der Waals surface area contributed by atoms with E-state index in [0.29, 0.717) is 6.04 Å². The number of aryl methyl sites for hydroxylation is 2. The molecule has 1 saturated carbocycles. The van der Waals surface area contributed by atoms with Crippen LogP contribution in [0.5, 0.6) is 0 Å². The second kappa shape index (κ2) is 4.90. The molecule has 0 N–H and O–H groups in total. The largest absolute Gasteiger partial charge is 0.356 e. The van der Waals surface area contributed by atoms with Gasteiger partial charge in [0.25, 0.3) is 0 Å². The third kappa shape index (κ3) is 2.21. The predicted molar refractivity (Wildman–Crippen MR) is 68.6 cm³/mol. The Balaban J connectivity index is 2.28. The first-order valence-corrected chi connectivity index (χ1v) is 6.36. The van der Waals surface area contributed by atoms with Gasteiger partial charge in [0.05, 0.1) is 11.3 Å². The first kappa shape index (κ1) is 12.1. The van der Waals surface area contributed by atoms with Crippen molar-refractivity contribution in [3.63, 3.8) is 0 Å². The van der Waals surface area contributed by atoms with Crippen molar-refractivity contribution in [1.29, 1.82) is 0 Å². The summed E-state index contributed by atoms with van der Waals surface area (Å²) in [5.74, 6) is 0.962. The minimum Gasteiger partial charge on any atom is -0.356 e. The lowest BCUT2D eigenvalue weighted by molar-refractivity contribution is 0.112. The summed E-state index contributed by atoms with van der Waals surface area (Å²) in [6, 6.07) is 0.553. The van der Waals surface area contributed by atoms with Gasteiger partial charge in [-0.1, -0.05) is 19.3 Å². The van der Waals surface area contributed by atoms with Crippen molar-refractivity contribution in [1.82, 2.24) is 9.78 Å². The van der Waals surface area contributed by atoms with Crippen molar-refractivity contribution < 1.29 is 4.79 Å². The first-order chi connectivity index (χ1) is 8.15. The standard InChI is InChI=1S/C13H21N3O/c1-10-12(9-17)13(16(3)14-10)15(2)11-7-5-4-6-8-11/h9,11H,4-8H2,1-3H3. The van der Waals surface area contributed by atoms with E-state index in [9.17, 15) is 4.79 Å². The van der Waals surface area contributed by atoms with E-state index >= 15 is 0 Å². The quantitative estimate of drug-likeness (QED) is 0.755. The lowest BCUT2D eigenvalue weighted by Gasteiger charge is -2.32. The Morgan fingerprint density at radius 1 is 1.35 bits per heavy atom. The molecule has 0 saturated heterocycles. The number of hydrogen-bond donors (Lipinski definition) is 0. The molecule has 1 aromatic heterocycles. The van der Waals surface area contributed by atoms with Gasteiger partial charge in [-0.15, -0.1) is 0 Å². The van der Waals surface area contributed by atoms with E-state index in [2.05, 4.69) is 17.0 Å². The van der Waals surface area contributed by atoms with Crippen LogP contribution in [0.1, 0.15) is 48.2 Å². The molecule has 4 nitrogen and oxygen atoms in total. The third-order valence-corrected chi connectivity index (χ3v) is 3.81. The zero-order chi connectivity index (χ0) is 12.4. The fourth-order valence-corrected chi connectivity index (χ4v) is 2.86. The zero-order valence-electron chi connectivity index (χ0n) is 10.9. The molecule has 94 valence electrons. The Morgan fingerprint density at radius 2 is 2.00 bits per heavy atom. The SMILES string of the molecule is Cc1nn(C)c(N(C)C2CCCCC2)c1C=O. The van der Waals surface area contributed by atoms with Crippen LogP contribution in [0.25, 0.3) is 0 Å². The van der Waals surface area contributed by atoms with E-state index in [-0.39, 0.29) is 0 Å². The van der Waals surface area contributed by atoms with E-state index in [1.165, 1.54) is 32.1 Å². The van der Waals surface area contributed by atoms with Crippen LogP contribution >= 0.6 is 0 Å². The molecule has 0 atom stereocenters. The zero-order valence-corrected chi connectivity index (χ0v) is 10.9. The van der Waals surface area contributed by atoms with Gasteiger partial charge in [0.1, 0.15) is 5.82 Å². The van der Waals surface area contributed by atoms with E-state index in [4.69, 9.17) is 0 Å². The van der Waals surface area contributed by atoms with Gasteiger partial charge < -0.3 is 4.90 Å². The van der Waals surface area contributed by atoms with Crippen LogP contribution in [0.2, 0.25) is 0 Å². The molecule has 1 aliphatic carbocycles. The Labute approximate surface area is 103 Å². The Hall–Kier alpha value is -1.32.